The van der Waals surface area contributed by atoms with Gasteiger partial charge in [-0.1, -0.05) is 12.1 Å². The van der Waals surface area contributed by atoms with Crippen LogP contribution in [0, 0.1) is 5.82 Å². The van der Waals surface area contributed by atoms with Gasteiger partial charge in [0.1, 0.15) is 17.3 Å². The molecule has 0 radical (unpaired) electrons. The molecular formula is C19H11BrFN3O3. The number of fused-ring (bicyclic) bond motifs is 1. The van der Waals surface area contributed by atoms with E-state index in [4.69, 9.17) is 4.42 Å². The molecule has 0 aliphatic carbocycles. The summed E-state index contributed by atoms with van der Waals surface area (Å²) in [4.78, 5) is 27.1. The van der Waals surface area contributed by atoms with Crippen LogP contribution in [-0.4, -0.2) is 15.9 Å². The number of halogens is 2. The summed E-state index contributed by atoms with van der Waals surface area (Å²) in [6.45, 7) is 0. The summed E-state index contributed by atoms with van der Waals surface area (Å²) in [7, 11) is 0. The predicted molar refractivity (Wildman–Crippen MR) is 104 cm³/mol. The van der Waals surface area contributed by atoms with Crippen LogP contribution in [0.15, 0.2) is 78.2 Å². The van der Waals surface area contributed by atoms with Crippen molar-refractivity contribution in [2.75, 3.05) is 0 Å². The van der Waals surface area contributed by atoms with Crippen LogP contribution in [0.4, 0.5) is 4.39 Å². The number of benzene rings is 2. The van der Waals surface area contributed by atoms with Gasteiger partial charge in [0.2, 0.25) is 0 Å². The maximum atomic E-state index is 13.2. The highest BCUT2D eigenvalue weighted by atomic mass is 79.9. The molecule has 27 heavy (non-hydrogen) atoms. The van der Waals surface area contributed by atoms with E-state index in [-0.39, 0.29) is 5.82 Å². The van der Waals surface area contributed by atoms with E-state index in [0.717, 1.165) is 4.68 Å². The Bertz CT molecular complexity index is 1300. The zero-order valence-corrected chi connectivity index (χ0v) is 15.2. The van der Waals surface area contributed by atoms with Gasteiger partial charge in [0.25, 0.3) is 5.56 Å². The van der Waals surface area contributed by atoms with Crippen LogP contribution < -0.4 is 11.2 Å². The van der Waals surface area contributed by atoms with Crippen molar-refractivity contribution in [1.82, 2.24) is 9.66 Å². The van der Waals surface area contributed by atoms with Gasteiger partial charge in [0, 0.05) is 10.0 Å². The summed E-state index contributed by atoms with van der Waals surface area (Å²) in [5.41, 5.74) is -0.0705. The second kappa shape index (κ2) is 6.81. The van der Waals surface area contributed by atoms with E-state index in [1.165, 1.54) is 18.3 Å². The van der Waals surface area contributed by atoms with Gasteiger partial charge in [-0.15, -0.1) is 4.68 Å². The number of aromatic nitrogens is 2. The zero-order chi connectivity index (χ0) is 19.0. The molecule has 4 aromatic rings. The quantitative estimate of drug-likeness (QED) is 0.505. The molecule has 2 aromatic carbocycles. The Kier molecular flexibility index (Phi) is 4.33. The largest absolute Gasteiger partial charge is 0.455 e. The highest BCUT2D eigenvalue weighted by molar-refractivity contribution is 9.10. The molecule has 0 saturated heterocycles. The number of furan rings is 1. The van der Waals surface area contributed by atoms with Crippen LogP contribution in [0.5, 0.6) is 0 Å². The third-order valence-electron chi connectivity index (χ3n) is 3.91. The molecule has 0 aliphatic heterocycles. The predicted octanol–water partition coefficient (Wildman–Crippen LogP) is 3.73. The van der Waals surface area contributed by atoms with Crippen LogP contribution in [0.2, 0.25) is 0 Å². The number of hydrogen-bond acceptors (Lipinski definition) is 4. The molecule has 0 atom stereocenters. The average molecular weight is 428 g/mol. The topological polar surface area (TPSA) is 80.4 Å². The minimum atomic E-state index is -0.650. The minimum absolute atomic E-state index is 0.334. The molecule has 6 nitrogen and oxygen atoms in total. The summed E-state index contributed by atoms with van der Waals surface area (Å²) in [6.07, 6.45) is 1.27. The Morgan fingerprint density at radius 2 is 1.93 bits per heavy atom. The fourth-order valence-corrected chi connectivity index (χ4v) is 3.18. The van der Waals surface area contributed by atoms with Crippen molar-refractivity contribution in [2.45, 2.75) is 0 Å². The molecule has 0 fully saturated rings. The lowest BCUT2D eigenvalue weighted by atomic mass is 10.2. The number of rotatable bonds is 3. The van der Waals surface area contributed by atoms with Gasteiger partial charge >= 0.3 is 5.69 Å². The summed E-state index contributed by atoms with van der Waals surface area (Å²) < 4.78 is 20.1. The van der Waals surface area contributed by atoms with Gasteiger partial charge in [0.05, 0.1) is 17.1 Å². The molecule has 0 bridgehead atoms. The Morgan fingerprint density at radius 1 is 1.11 bits per heavy atom. The monoisotopic (exact) mass is 427 g/mol. The molecule has 0 spiro atoms. The molecule has 0 amide bonds. The van der Waals surface area contributed by atoms with Crippen molar-refractivity contribution in [3.05, 3.63) is 91.5 Å². The van der Waals surface area contributed by atoms with Crippen molar-refractivity contribution in [1.29, 1.82) is 0 Å². The molecule has 8 heteroatoms. The fourth-order valence-electron chi connectivity index (χ4n) is 2.63. The molecular weight excluding hydrogens is 417 g/mol. The third-order valence-corrected chi connectivity index (χ3v) is 4.56. The Balaban J connectivity index is 1.70. The van der Waals surface area contributed by atoms with Crippen LogP contribution >= 0.6 is 15.9 Å². The van der Waals surface area contributed by atoms with E-state index in [0.29, 0.717) is 32.5 Å². The number of hydrogen-bond donors (Lipinski definition) is 1. The normalized spacial score (nSPS) is 11.5. The zero-order valence-electron chi connectivity index (χ0n) is 13.6. The molecule has 0 unspecified atom stereocenters. The first kappa shape index (κ1) is 17.2. The summed E-state index contributed by atoms with van der Waals surface area (Å²) in [5.74, 6) is 0.456. The number of H-pyrrole nitrogens is 1. The van der Waals surface area contributed by atoms with Crippen molar-refractivity contribution in [3.8, 4) is 11.3 Å². The second-order valence-corrected chi connectivity index (χ2v) is 6.52. The van der Waals surface area contributed by atoms with Gasteiger partial charge < -0.3 is 9.40 Å². The van der Waals surface area contributed by atoms with Crippen molar-refractivity contribution in [2.24, 2.45) is 5.10 Å². The number of para-hydroxylation sites is 1. The molecule has 0 aliphatic rings. The van der Waals surface area contributed by atoms with Gasteiger partial charge in [-0.05, 0) is 58.4 Å². The van der Waals surface area contributed by atoms with Crippen LogP contribution in [0.1, 0.15) is 5.76 Å². The second-order valence-electron chi connectivity index (χ2n) is 5.66. The molecule has 1 N–H and O–H groups in total. The molecule has 0 saturated carbocycles. The first-order valence-corrected chi connectivity index (χ1v) is 8.66. The molecule has 2 aromatic heterocycles. The molecule has 4 rings (SSSR count). The van der Waals surface area contributed by atoms with E-state index in [2.05, 4.69) is 26.0 Å². The first-order valence-electron chi connectivity index (χ1n) is 7.86. The van der Waals surface area contributed by atoms with Gasteiger partial charge in [-0.25, -0.2) is 9.18 Å². The smallest absolute Gasteiger partial charge is 0.349 e. The Morgan fingerprint density at radius 3 is 2.74 bits per heavy atom. The molecule has 2 heterocycles. The average Bonchev–Trinajstić information content (AvgIpc) is 3.10. The van der Waals surface area contributed by atoms with E-state index < -0.39 is 11.2 Å². The van der Waals surface area contributed by atoms with Gasteiger partial charge in [-0.3, -0.25) is 4.79 Å². The van der Waals surface area contributed by atoms with E-state index >= 15 is 0 Å². The summed E-state index contributed by atoms with van der Waals surface area (Å²) in [5, 5.41) is 4.29. The SMILES string of the molecule is O=c1[nH]c2ccccc2c(=O)n1N=Cc1ccc(-c2ccc(F)cc2Br)o1. The highest BCUT2D eigenvalue weighted by Crippen LogP contribution is 2.29. The minimum Gasteiger partial charge on any atom is -0.455 e. The van der Waals surface area contributed by atoms with Crippen molar-refractivity contribution < 1.29 is 8.81 Å². The Labute approximate surface area is 159 Å². The number of aromatic amines is 1. The van der Waals surface area contributed by atoms with E-state index in [1.54, 1.807) is 42.5 Å². The van der Waals surface area contributed by atoms with Crippen LogP contribution in [0.25, 0.3) is 22.2 Å². The fraction of sp³-hybridized carbons (Fsp3) is 0. The Hall–Kier alpha value is -3.26. The third kappa shape index (κ3) is 3.26. The lowest BCUT2D eigenvalue weighted by Crippen LogP contribution is -2.32. The van der Waals surface area contributed by atoms with Crippen LogP contribution in [-0.2, 0) is 0 Å². The van der Waals surface area contributed by atoms with E-state index in [1.807, 2.05) is 0 Å². The van der Waals surface area contributed by atoms with Crippen molar-refractivity contribution >= 4 is 33.0 Å². The maximum Gasteiger partial charge on any atom is 0.349 e. The van der Waals surface area contributed by atoms with Crippen molar-refractivity contribution in [3.63, 3.8) is 0 Å². The summed E-state index contributed by atoms with van der Waals surface area (Å²) in [6, 6.07) is 14.2. The highest BCUT2D eigenvalue weighted by Gasteiger charge is 2.09. The maximum absolute atomic E-state index is 13.2. The standard InChI is InChI=1S/C19H11BrFN3O3/c20-15-9-11(21)5-7-13(15)17-8-6-12(27-17)10-22-24-18(25)14-3-1-2-4-16(14)23-19(24)26/h1-10H,(H,23,26). The van der Waals surface area contributed by atoms with Crippen LogP contribution in [0.3, 0.4) is 0 Å². The van der Waals surface area contributed by atoms with Gasteiger partial charge in [-0.2, -0.15) is 5.10 Å². The van der Waals surface area contributed by atoms with Gasteiger partial charge in [0.15, 0.2) is 0 Å². The molecule has 134 valence electrons. The lowest BCUT2D eigenvalue weighted by Gasteiger charge is -2.01. The number of nitrogens with one attached hydrogen (secondary N) is 1. The lowest BCUT2D eigenvalue weighted by molar-refractivity contribution is 0.572. The first-order chi connectivity index (χ1) is 13.0. The number of nitrogens with zero attached hydrogens (tertiary/aromatic N) is 2. The van der Waals surface area contributed by atoms with E-state index in [9.17, 15) is 14.0 Å². The summed E-state index contributed by atoms with van der Waals surface area (Å²) >= 11 is 3.29.